The number of pyridine rings is 1. The summed E-state index contributed by atoms with van der Waals surface area (Å²) in [6.07, 6.45) is -3.72. The van der Waals surface area contributed by atoms with Crippen molar-refractivity contribution in [3.63, 3.8) is 0 Å². The second-order valence-electron chi connectivity index (χ2n) is 26.1. The van der Waals surface area contributed by atoms with E-state index < -0.39 is 79.8 Å². The van der Waals surface area contributed by atoms with Gasteiger partial charge in [-0.25, -0.2) is 24.4 Å². The second kappa shape index (κ2) is 26.2. The summed E-state index contributed by atoms with van der Waals surface area (Å²) in [6, 6.07) is 22.1. The normalized spacial score (nSPS) is 26.6. The van der Waals surface area contributed by atoms with E-state index in [2.05, 4.69) is 24.1 Å². The lowest BCUT2D eigenvalue weighted by Crippen LogP contribution is -2.64. The number of carbonyl (C=O) groups excluding carboxylic acids is 2. The third-order valence-electron chi connectivity index (χ3n) is 18.8. The Bertz CT molecular complexity index is 3580. The van der Waals surface area contributed by atoms with Crippen LogP contribution in [0, 0.1) is 23.2 Å². The molecule has 90 heavy (non-hydrogen) atoms. The monoisotopic (exact) mass is 1260 g/mol. The van der Waals surface area contributed by atoms with E-state index in [0.717, 1.165) is 77.5 Å². The van der Waals surface area contributed by atoms with Gasteiger partial charge in [-0.2, -0.15) is 5.10 Å². The third-order valence-corrected chi connectivity index (χ3v) is 19.7. The van der Waals surface area contributed by atoms with Gasteiger partial charge in [0.2, 0.25) is 6.29 Å². The summed E-state index contributed by atoms with van der Waals surface area (Å²) < 4.78 is 27.3. The number of aliphatic hydroxyl groups is 6. The van der Waals surface area contributed by atoms with Crippen molar-refractivity contribution in [2.75, 3.05) is 49.6 Å². The van der Waals surface area contributed by atoms with Crippen LogP contribution in [0.3, 0.4) is 0 Å². The number of aryl methyl sites for hydroxylation is 1. The van der Waals surface area contributed by atoms with Crippen LogP contribution in [0.4, 0.5) is 15.7 Å². The van der Waals surface area contributed by atoms with E-state index >= 15 is 0 Å². The molecule has 3 aromatic carbocycles. The van der Waals surface area contributed by atoms with Gasteiger partial charge >= 0.3 is 18.0 Å². The Kier molecular flexibility index (Phi) is 18.7. The molecule has 6 aliphatic rings. The van der Waals surface area contributed by atoms with Gasteiger partial charge in [0.05, 0.1) is 41.3 Å². The average molecular weight is 1260 g/mol. The van der Waals surface area contributed by atoms with Gasteiger partial charge in [0.1, 0.15) is 42.6 Å². The van der Waals surface area contributed by atoms with Gasteiger partial charge in [-0.3, -0.25) is 14.8 Å². The van der Waals surface area contributed by atoms with E-state index in [1.165, 1.54) is 16.2 Å². The van der Waals surface area contributed by atoms with Crippen LogP contribution in [-0.4, -0.2) is 177 Å². The first-order chi connectivity index (χ1) is 43.0. The molecule has 1 saturated heterocycles. The quantitative estimate of drug-likeness (QED) is 0.0302. The number of nitrogens with one attached hydrogen (secondary N) is 1. The number of ether oxygens (including phenoxy) is 4. The van der Waals surface area contributed by atoms with Gasteiger partial charge in [-0.1, -0.05) is 61.6 Å². The van der Waals surface area contributed by atoms with Crippen LogP contribution >= 0.6 is 11.3 Å². The lowest BCUT2D eigenvalue weighted by atomic mass is 9.39. The van der Waals surface area contributed by atoms with Crippen LogP contribution in [0.2, 0.25) is 0 Å². The fourth-order valence-electron chi connectivity index (χ4n) is 15.7. The molecule has 25 heteroatoms. The molecule has 4 bridgehead atoms. The van der Waals surface area contributed by atoms with Crippen molar-refractivity contribution < 1.29 is 79.0 Å². The molecule has 5 heterocycles. The van der Waals surface area contributed by atoms with Crippen LogP contribution in [-0.2, 0) is 51.5 Å². The summed E-state index contributed by atoms with van der Waals surface area (Å²) >= 11 is 1.40. The Hall–Kier alpha value is -7.17. The van der Waals surface area contributed by atoms with E-state index in [1.54, 1.807) is 36.5 Å². The lowest BCUT2D eigenvalue weighted by molar-refractivity contribution is -0.271. The minimum absolute atomic E-state index is 0.0146. The van der Waals surface area contributed by atoms with Crippen molar-refractivity contribution in [2.24, 2.45) is 22.0 Å². The molecule has 4 unspecified atom stereocenters. The number of aromatic nitrogens is 4. The van der Waals surface area contributed by atoms with Gasteiger partial charge in [-0.15, -0.1) is 0 Å². The van der Waals surface area contributed by atoms with Crippen molar-refractivity contribution in [3.05, 3.63) is 118 Å². The number of hydrogen-bond acceptors (Lipinski definition) is 20. The first-order valence-corrected chi connectivity index (χ1v) is 31.5. The molecule has 482 valence electrons. The van der Waals surface area contributed by atoms with Crippen molar-refractivity contribution in [2.45, 2.75) is 160 Å². The average Bonchev–Trinajstić information content (AvgIpc) is 0.720. The number of carbonyl (C=O) groups is 4. The molecule has 2 amide bonds. The molecule has 11 N–H and O–H groups in total. The highest BCUT2D eigenvalue weighted by atomic mass is 32.1. The number of aliphatic hydroxyl groups excluding tert-OH is 6. The fourth-order valence-corrected chi connectivity index (χ4v) is 16.5. The molecule has 3 aromatic heterocycles. The molecule has 0 spiro atoms. The van der Waals surface area contributed by atoms with Gasteiger partial charge in [-0.05, 0) is 153 Å². The van der Waals surface area contributed by atoms with Gasteiger partial charge in [0.15, 0.2) is 16.9 Å². The van der Waals surface area contributed by atoms with Crippen molar-refractivity contribution >= 4 is 56.4 Å². The van der Waals surface area contributed by atoms with Gasteiger partial charge in [0, 0.05) is 60.7 Å². The largest absolute Gasteiger partial charge is 0.479 e. The second-order valence-corrected chi connectivity index (χ2v) is 27.2. The number of benzene rings is 3. The summed E-state index contributed by atoms with van der Waals surface area (Å²) in [6.45, 7) is 7.38. The van der Waals surface area contributed by atoms with Gasteiger partial charge < -0.3 is 75.3 Å². The zero-order chi connectivity index (χ0) is 63.9. The number of carboxylic acids is 2. The Morgan fingerprint density at radius 3 is 2.39 bits per heavy atom. The fraction of sp³-hybridized carbons (Fsp3) is 0.523. The highest BCUT2D eigenvalue weighted by molar-refractivity contribution is 7.22. The minimum atomic E-state index is -1.94. The maximum Gasteiger partial charge on any atom is 0.410 e. The Labute approximate surface area is 524 Å². The predicted molar refractivity (Wildman–Crippen MR) is 330 cm³/mol. The number of aromatic carboxylic acids is 1. The minimum Gasteiger partial charge on any atom is -0.479 e. The van der Waals surface area contributed by atoms with Crippen molar-refractivity contribution in [3.8, 4) is 16.9 Å². The molecule has 12 rings (SSSR count). The Morgan fingerprint density at radius 2 is 1.66 bits per heavy atom. The zero-order valence-electron chi connectivity index (χ0n) is 50.7. The molecule has 5 fully saturated rings. The highest BCUT2D eigenvalue weighted by Crippen LogP contribution is 2.72. The number of hydrogen-bond donors (Lipinski definition) is 10. The lowest BCUT2D eigenvalue weighted by Gasteiger charge is -2.69. The number of unbranched alkanes of at least 4 members (excludes halogenated alkanes) is 1. The molecule has 9 atom stereocenters. The first kappa shape index (κ1) is 64.4. The van der Waals surface area contributed by atoms with E-state index in [1.807, 2.05) is 59.0 Å². The number of nitrogens with two attached hydrogens (primary N) is 1. The topological polar surface area (TPSA) is 355 Å². The first-order valence-electron chi connectivity index (χ1n) is 30.7. The number of rotatable bonds is 25. The number of thiazole rings is 1. The number of carboxylic acid groups (broad SMARTS) is 2. The Morgan fingerprint density at radius 1 is 0.878 bits per heavy atom. The number of amides is 2. The summed E-state index contributed by atoms with van der Waals surface area (Å²) in [5, 5.41) is 91.2. The maximum atomic E-state index is 14.2. The third kappa shape index (κ3) is 13.6. The number of nitrogens with zero attached hydrogens (tertiary/aromatic N) is 6. The predicted octanol–water partition coefficient (Wildman–Crippen LogP) is 5.81. The molecule has 2 aliphatic heterocycles. The molecular weight excluding hydrogens is 1180 g/mol. The van der Waals surface area contributed by atoms with Crippen LogP contribution in [0.1, 0.15) is 120 Å². The summed E-state index contributed by atoms with van der Waals surface area (Å²) in [5.74, 6) is -2.52. The molecule has 0 radical (unpaired) electrons. The molecule has 24 nitrogen and oxygen atoms in total. The Balaban J connectivity index is 0.780. The van der Waals surface area contributed by atoms with Crippen molar-refractivity contribution in [1.82, 2.24) is 24.6 Å². The van der Waals surface area contributed by atoms with Gasteiger partial charge in [0.25, 0.3) is 5.91 Å². The smallest absolute Gasteiger partial charge is 0.410 e. The maximum absolute atomic E-state index is 14.2. The van der Waals surface area contributed by atoms with Crippen LogP contribution in [0.15, 0.2) is 79.0 Å². The van der Waals surface area contributed by atoms with Crippen LogP contribution < -0.4 is 20.7 Å². The summed E-state index contributed by atoms with van der Waals surface area (Å²) in [4.78, 5) is 65.9. The van der Waals surface area contributed by atoms with E-state index in [9.17, 15) is 60.0 Å². The molecule has 6 aromatic rings. The zero-order valence-corrected chi connectivity index (χ0v) is 51.5. The number of para-hydroxylation sites is 1. The SMILES string of the molecule is Cc1c(-c2ccc(N3CCc4cccc(C(=O)Nc5nc6ccccc6s5)c4C3)nc2C(=O)O)cnn1CC12CC3(C)CC(C)(C1)CC(OCCN(CCC(O)C(O)CO)C(=O)OCc1ccc(CCCCN)cc1O[C@@H]1O[C@H](C(=O)O)[C@@H](O)[C@H](O)[C@H]1O)(C3)C2. The molecular formula is C65H80N8O16S. The molecule has 4 saturated carbocycles. The summed E-state index contributed by atoms with van der Waals surface area (Å²) in [5.41, 5.74) is 10.7. The van der Waals surface area contributed by atoms with E-state index in [-0.39, 0.29) is 59.7 Å². The number of aliphatic carboxylic acids is 1. The molecule has 4 aliphatic carbocycles. The number of anilines is 2. The van der Waals surface area contributed by atoms with Crippen LogP contribution in [0.25, 0.3) is 21.3 Å². The van der Waals surface area contributed by atoms with Crippen LogP contribution in [0.5, 0.6) is 5.75 Å². The highest BCUT2D eigenvalue weighted by Gasteiger charge is 2.66. The number of fused-ring (bicyclic) bond motifs is 2. The standard InChI is InChI=1S/C65H80N8O16S/c1-37-43(41-16-17-50(69-51(41)57(81)82)72-21-18-39-10-8-11-42(44(39)27-72)56(80)70-60-68-45-12-4-5-13-49(45)90-60)26-67-73(37)36-64-31-62(2)30-63(3,32-64)34-65(33-62,35-64)87-24-23-71(22-19-46(75)47(76)28-74)61(85)86-29-40-15-14-38(9-6-7-20-66)25-48(40)88-59-54(79)52(77)53(78)55(89-59)58(83)84/h4-5,8,10-17,25-26,46-47,52-55,59,74-79H,6-7,9,18-24,27-36,66H2,1-3H3,(H,81,82)(H,83,84)(H,68,70,80)/t46?,47?,52-,53-,54+,55-,59+,62?,63?,64?,65?/m0/s1. The van der Waals surface area contributed by atoms with E-state index in [0.29, 0.717) is 78.6 Å². The summed E-state index contributed by atoms with van der Waals surface area (Å²) in [7, 11) is 0. The van der Waals surface area contributed by atoms with Crippen molar-refractivity contribution in [1.29, 1.82) is 0 Å². The van der Waals surface area contributed by atoms with E-state index in [4.69, 9.17) is 34.8 Å².